The number of nitrogens with two attached hydrogens (primary N) is 1. The minimum Gasteiger partial charge on any atom is -0.325 e. The zero-order valence-corrected chi connectivity index (χ0v) is 9.78. The van der Waals surface area contributed by atoms with E-state index in [-0.39, 0.29) is 17.1 Å². The molecule has 7 heteroatoms. The van der Waals surface area contributed by atoms with E-state index in [1.54, 1.807) is 5.38 Å². The van der Waals surface area contributed by atoms with Crippen molar-refractivity contribution in [3.63, 3.8) is 0 Å². The van der Waals surface area contributed by atoms with Crippen molar-refractivity contribution in [3.8, 4) is 10.6 Å². The smallest absolute Gasteiger partial charge is 0.325 e. The van der Waals surface area contributed by atoms with Crippen molar-refractivity contribution in [3.05, 3.63) is 40.7 Å². The monoisotopic (exact) mass is 276 g/mol. The van der Waals surface area contributed by atoms with E-state index < -0.39 is 17.6 Å². The quantitative estimate of drug-likeness (QED) is 0.853. The third kappa shape index (κ3) is 2.37. The van der Waals surface area contributed by atoms with Crippen molar-refractivity contribution in [2.45, 2.75) is 12.7 Å². The number of nitrogens with zero attached hydrogens (tertiary/aromatic N) is 1. The molecule has 0 amide bonds. The number of rotatable bonds is 2. The molecule has 0 saturated heterocycles. The Kier molecular flexibility index (Phi) is 3.36. The molecule has 2 aromatic rings. The summed E-state index contributed by atoms with van der Waals surface area (Å²) in [6, 6.07) is 3.13. The summed E-state index contributed by atoms with van der Waals surface area (Å²) in [4.78, 5) is 3.97. The molecule has 0 bridgehead atoms. The van der Waals surface area contributed by atoms with Gasteiger partial charge in [-0.1, -0.05) is 6.07 Å². The molecule has 18 heavy (non-hydrogen) atoms. The molecule has 1 heterocycles. The summed E-state index contributed by atoms with van der Waals surface area (Å²) in [6.45, 7) is 0.164. The Balaban J connectivity index is 2.52. The molecule has 2 rings (SSSR count). The molecule has 0 spiro atoms. The van der Waals surface area contributed by atoms with E-state index in [2.05, 4.69) is 4.98 Å². The molecule has 2 N–H and O–H groups in total. The molecule has 0 fully saturated rings. The van der Waals surface area contributed by atoms with Gasteiger partial charge in [0.05, 0.1) is 11.3 Å². The van der Waals surface area contributed by atoms with E-state index in [9.17, 15) is 17.6 Å². The lowest BCUT2D eigenvalue weighted by atomic mass is 10.1. The number of benzene rings is 1. The van der Waals surface area contributed by atoms with Gasteiger partial charge in [0.1, 0.15) is 10.8 Å². The van der Waals surface area contributed by atoms with E-state index in [4.69, 9.17) is 5.73 Å². The number of hydrogen-bond donors (Lipinski definition) is 1. The molecule has 1 aromatic heterocycles. The molecule has 0 aliphatic carbocycles. The van der Waals surface area contributed by atoms with Crippen LogP contribution in [-0.4, -0.2) is 4.98 Å². The fourth-order valence-corrected chi connectivity index (χ4v) is 2.29. The van der Waals surface area contributed by atoms with Gasteiger partial charge in [0.2, 0.25) is 0 Å². The lowest BCUT2D eigenvalue weighted by molar-refractivity contribution is -0.139. The van der Waals surface area contributed by atoms with Crippen LogP contribution in [0.4, 0.5) is 17.6 Å². The molecular weight excluding hydrogens is 268 g/mol. The Morgan fingerprint density at radius 3 is 2.56 bits per heavy atom. The van der Waals surface area contributed by atoms with Crippen LogP contribution in [0.15, 0.2) is 23.6 Å². The predicted octanol–water partition coefficient (Wildman–Crippen LogP) is 3.43. The zero-order chi connectivity index (χ0) is 13.3. The summed E-state index contributed by atoms with van der Waals surface area (Å²) in [5.74, 6) is -1.30. The van der Waals surface area contributed by atoms with Gasteiger partial charge in [-0.25, -0.2) is 9.37 Å². The third-order valence-electron chi connectivity index (χ3n) is 2.30. The molecule has 96 valence electrons. The highest BCUT2D eigenvalue weighted by Gasteiger charge is 2.35. The molecule has 0 radical (unpaired) electrons. The first-order valence-corrected chi connectivity index (χ1v) is 5.82. The second-order valence-corrected chi connectivity index (χ2v) is 4.37. The van der Waals surface area contributed by atoms with E-state index >= 15 is 0 Å². The minimum absolute atomic E-state index is 0.158. The summed E-state index contributed by atoms with van der Waals surface area (Å²) < 4.78 is 51.4. The van der Waals surface area contributed by atoms with Gasteiger partial charge in [-0.3, -0.25) is 0 Å². The van der Waals surface area contributed by atoms with Crippen LogP contribution < -0.4 is 5.73 Å². The van der Waals surface area contributed by atoms with E-state index in [0.29, 0.717) is 11.8 Å². The van der Waals surface area contributed by atoms with Crippen LogP contribution in [0.2, 0.25) is 0 Å². The highest BCUT2D eigenvalue weighted by molar-refractivity contribution is 7.13. The van der Waals surface area contributed by atoms with Gasteiger partial charge in [-0.15, -0.1) is 11.3 Å². The van der Waals surface area contributed by atoms with Crippen LogP contribution in [0.5, 0.6) is 0 Å². The lowest BCUT2D eigenvalue weighted by Crippen LogP contribution is -2.08. The topological polar surface area (TPSA) is 38.9 Å². The normalized spacial score (nSPS) is 11.8. The van der Waals surface area contributed by atoms with Gasteiger partial charge in [0.15, 0.2) is 0 Å². The van der Waals surface area contributed by atoms with E-state index in [1.807, 2.05) is 0 Å². The maximum atomic E-state index is 13.8. The van der Waals surface area contributed by atoms with E-state index in [0.717, 1.165) is 17.4 Å². The Labute approximate surface area is 104 Å². The first-order chi connectivity index (χ1) is 8.43. The van der Waals surface area contributed by atoms with Crippen LogP contribution >= 0.6 is 11.3 Å². The molecule has 0 aliphatic rings. The number of alkyl halides is 3. The number of halogens is 4. The standard InChI is InChI=1S/C11H8F4N2S/c12-9-7(10-17-6(4-16)5-18-10)2-1-3-8(9)11(13,14)15/h1-3,5H,4,16H2. The second-order valence-electron chi connectivity index (χ2n) is 3.51. The second kappa shape index (κ2) is 4.66. The number of hydrogen-bond acceptors (Lipinski definition) is 3. The first kappa shape index (κ1) is 13.0. The highest BCUT2D eigenvalue weighted by Crippen LogP contribution is 2.36. The summed E-state index contributed by atoms with van der Waals surface area (Å²) >= 11 is 1.06. The average Bonchev–Trinajstić information content (AvgIpc) is 2.76. The first-order valence-electron chi connectivity index (χ1n) is 4.94. The van der Waals surface area contributed by atoms with Crippen molar-refractivity contribution in [2.24, 2.45) is 5.73 Å². The van der Waals surface area contributed by atoms with Crippen molar-refractivity contribution in [1.29, 1.82) is 0 Å². The Morgan fingerprint density at radius 2 is 2.00 bits per heavy atom. The summed E-state index contributed by atoms with van der Waals surface area (Å²) in [5, 5.41) is 1.79. The maximum Gasteiger partial charge on any atom is 0.419 e. The SMILES string of the molecule is NCc1csc(-c2cccc(C(F)(F)F)c2F)n1. The van der Waals surface area contributed by atoms with Crippen molar-refractivity contribution < 1.29 is 17.6 Å². The third-order valence-corrected chi connectivity index (χ3v) is 3.22. The van der Waals surface area contributed by atoms with Crippen LogP contribution in [-0.2, 0) is 12.7 Å². The Morgan fingerprint density at radius 1 is 1.28 bits per heavy atom. The number of aromatic nitrogens is 1. The summed E-state index contributed by atoms with van der Waals surface area (Å²) in [7, 11) is 0. The maximum absolute atomic E-state index is 13.8. The van der Waals surface area contributed by atoms with E-state index in [1.165, 1.54) is 6.07 Å². The molecule has 0 atom stereocenters. The lowest BCUT2D eigenvalue weighted by Gasteiger charge is -2.09. The molecule has 1 aromatic carbocycles. The van der Waals surface area contributed by atoms with Gasteiger partial charge >= 0.3 is 6.18 Å². The fourth-order valence-electron chi connectivity index (χ4n) is 1.44. The van der Waals surface area contributed by atoms with Crippen molar-refractivity contribution in [2.75, 3.05) is 0 Å². The molecule has 0 aliphatic heterocycles. The van der Waals surface area contributed by atoms with Gasteiger partial charge < -0.3 is 5.73 Å². The fraction of sp³-hybridized carbons (Fsp3) is 0.182. The van der Waals surface area contributed by atoms with Gasteiger partial charge in [0.25, 0.3) is 0 Å². The van der Waals surface area contributed by atoms with Crippen LogP contribution in [0.25, 0.3) is 10.6 Å². The van der Waals surface area contributed by atoms with Crippen molar-refractivity contribution >= 4 is 11.3 Å². The summed E-state index contributed by atoms with van der Waals surface area (Å²) in [6.07, 6.45) is -4.71. The minimum atomic E-state index is -4.71. The molecule has 0 saturated carbocycles. The van der Waals surface area contributed by atoms with Crippen molar-refractivity contribution in [1.82, 2.24) is 4.98 Å². The van der Waals surface area contributed by atoms with Crippen LogP contribution in [0.3, 0.4) is 0 Å². The zero-order valence-electron chi connectivity index (χ0n) is 8.96. The Hall–Kier alpha value is -1.47. The van der Waals surface area contributed by atoms with Gasteiger partial charge in [-0.2, -0.15) is 13.2 Å². The Bertz CT molecular complexity index is 562. The molecular formula is C11H8F4N2S. The predicted molar refractivity (Wildman–Crippen MR) is 60.4 cm³/mol. The summed E-state index contributed by atoms with van der Waals surface area (Å²) in [5.41, 5.74) is 4.42. The largest absolute Gasteiger partial charge is 0.419 e. The van der Waals surface area contributed by atoms with Gasteiger partial charge in [0, 0.05) is 17.5 Å². The van der Waals surface area contributed by atoms with Crippen LogP contribution in [0.1, 0.15) is 11.3 Å². The molecule has 0 unspecified atom stereocenters. The highest BCUT2D eigenvalue weighted by atomic mass is 32.1. The van der Waals surface area contributed by atoms with Gasteiger partial charge in [-0.05, 0) is 12.1 Å². The number of thiazole rings is 1. The van der Waals surface area contributed by atoms with Crippen LogP contribution in [0, 0.1) is 5.82 Å². The molecule has 2 nitrogen and oxygen atoms in total. The average molecular weight is 276 g/mol.